The summed E-state index contributed by atoms with van der Waals surface area (Å²) < 4.78 is 13.6. The average Bonchev–Trinajstić information content (AvgIpc) is 2.86. The van der Waals surface area contributed by atoms with Gasteiger partial charge in [-0.1, -0.05) is 25.1 Å². The third-order valence-electron chi connectivity index (χ3n) is 2.96. The Balaban J connectivity index is 2.17. The van der Waals surface area contributed by atoms with Crippen LogP contribution in [-0.4, -0.2) is 0 Å². The molecule has 1 aromatic carbocycles. The first-order valence-electron chi connectivity index (χ1n) is 6.02. The Morgan fingerprint density at radius 3 is 2.67 bits per heavy atom. The summed E-state index contributed by atoms with van der Waals surface area (Å²) in [5.41, 5.74) is 3.46. The lowest BCUT2D eigenvalue weighted by Crippen LogP contribution is -2.29. The van der Waals surface area contributed by atoms with E-state index in [4.69, 9.17) is 5.84 Å². The van der Waals surface area contributed by atoms with Gasteiger partial charge in [0.25, 0.3) is 0 Å². The van der Waals surface area contributed by atoms with Gasteiger partial charge in [0.05, 0.1) is 6.04 Å². The molecule has 0 aliphatic heterocycles. The number of nitrogens with two attached hydrogens (primary N) is 1. The summed E-state index contributed by atoms with van der Waals surface area (Å²) in [6.07, 6.45) is 1.58. The normalized spacial score (nSPS) is 12.6. The molecule has 0 saturated heterocycles. The molecule has 96 valence electrons. The molecule has 0 fully saturated rings. The van der Waals surface area contributed by atoms with Crippen molar-refractivity contribution in [2.75, 3.05) is 0 Å². The number of hydrogen-bond acceptors (Lipinski definition) is 3. The Labute approximate surface area is 111 Å². The Hall–Kier alpha value is -1.23. The van der Waals surface area contributed by atoms with Gasteiger partial charge >= 0.3 is 0 Å². The van der Waals surface area contributed by atoms with Crippen LogP contribution in [0.25, 0.3) is 0 Å². The summed E-state index contributed by atoms with van der Waals surface area (Å²) in [7, 11) is 0. The minimum atomic E-state index is -0.176. The highest BCUT2D eigenvalue weighted by Crippen LogP contribution is 2.26. The molecule has 0 amide bonds. The highest BCUT2D eigenvalue weighted by Gasteiger charge is 2.14. The molecule has 3 N–H and O–H groups in total. The lowest BCUT2D eigenvalue weighted by atomic mass is 10.0. The van der Waals surface area contributed by atoms with Crippen molar-refractivity contribution in [2.45, 2.75) is 25.8 Å². The molecule has 18 heavy (non-hydrogen) atoms. The number of halogens is 1. The molecule has 4 heteroatoms. The minimum Gasteiger partial charge on any atom is -0.271 e. The van der Waals surface area contributed by atoms with Crippen molar-refractivity contribution in [3.05, 3.63) is 57.5 Å². The maximum Gasteiger partial charge on any atom is 0.126 e. The summed E-state index contributed by atoms with van der Waals surface area (Å²) in [4.78, 5) is 2.47. The van der Waals surface area contributed by atoms with Crippen LogP contribution in [0.15, 0.2) is 36.4 Å². The molecule has 1 heterocycles. The van der Waals surface area contributed by atoms with Crippen molar-refractivity contribution < 1.29 is 4.39 Å². The van der Waals surface area contributed by atoms with Gasteiger partial charge in [-0.2, -0.15) is 0 Å². The summed E-state index contributed by atoms with van der Waals surface area (Å²) in [5.74, 6) is 5.41. The van der Waals surface area contributed by atoms with Crippen LogP contribution in [0.2, 0.25) is 0 Å². The van der Waals surface area contributed by atoms with E-state index in [-0.39, 0.29) is 11.9 Å². The van der Waals surface area contributed by atoms with E-state index in [0.717, 1.165) is 11.3 Å². The van der Waals surface area contributed by atoms with Gasteiger partial charge in [-0.25, -0.2) is 4.39 Å². The van der Waals surface area contributed by atoms with Gasteiger partial charge in [0.15, 0.2) is 0 Å². The molecule has 0 aliphatic rings. The minimum absolute atomic E-state index is 0.0350. The van der Waals surface area contributed by atoms with Gasteiger partial charge in [0, 0.05) is 9.75 Å². The number of rotatable bonds is 5. The quantitative estimate of drug-likeness (QED) is 0.643. The maximum absolute atomic E-state index is 13.6. The van der Waals surface area contributed by atoms with Crippen molar-refractivity contribution in [2.24, 2.45) is 5.84 Å². The molecule has 0 radical (unpaired) electrons. The third kappa shape index (κ3) is 2.96. The van der Waals surface area contributed by atoms with Crippen molar-refractivity contribution in [3.8, 4) is 0 Å². The van der Waals surface area contributed by atoms with Crippen molar-refractivity contribution in [1.29, 1.82) is 0 Å². The molecule has 1 aromatic heterocycles. The zero-order valence-electron chi connectivity index (χ0n) is 10.3. The van der Waals surface area contributed by atoms with Crippen molar-refractivity contribution >= 4 is 11.3 Å². The van der Waals surface area contributed by atoms with E-state index in [1.807, 2.05) is 6.07 Å². The van der Waals surface area contributed by atoms with Gasteiger partial charge in [0.2, 0.25) is 0 Å². The standard InChI is InChI=1S/C14H17FN2S/c1-2-11-7-8-14(18-11)13(17-16)9-10-5-3-4-6-12(10)15/h3-8,13,17H,2,9,16H2,1H3. The predicted octanol–water partition coefficient (Wildman–Crippen LogP) is 3.20. The molecule has 2 nitrogen and oxygen atoms in total. The van der Waals surface area contributed by atoms with E-state index in [9.17, 15) is 4.39 Å². The first-order valence-corrected chi connectivity index (χ1v) is 6.84. The molecular weight excluding hydrogens is 247 g/mol. The van der Waals surface area contributed by atoms with Gasteiger partial charge < -0.3 is 0 Å². The van der Waals surface area contributed by atoms with Crippen LogP contribution in [0.5, 0.6) is 0 Å². The summed E-state index contributed by atoms with van der Waals surface area (Å²) in [6.45, 7) is 2.12. The van der Waals surface area contributed by atoms with Crippen LogP contribution in [0.1, 0.15) is 28.3 Å². The molecule has 1 atom stereocenters. The molecule has 0 bridgehead atoms. The predicted molar refractivity (Wildman–Crippen MR) is 73.9 cm³/mol. The number of nitrogens with one attached hydrogen (secondary N) is 1. The lowest BCUT2D eigenvalue weighted by Gasteiger charge is -2.14. The topological polar surface area (TPSA) is 38.0 Å². The second-order valence-electron chi connectivity index (χ2n) is 4.17. The van der Waals surface area contributed by atoms with Crippen LogP contribution in [-0.2, 0) is 12.8 Å². The van der Waals surface area contributed by atoms with Crippen LogP contribution >= 0.6 is 11.3 Å². The Morgan fingerprint density at radius 1 is 1.28 bits per heavy atom. The van der Waals surface area contributed by atoms with E-state index >= 15 is 0 Å². The Bertz CT molecular complexity index is 510. The summed E-state index contributed by atoms with van der Waals surface area (Å²) >= 11 is 1.73. The zero-order chi connectivity index (χ0) is 13.0. The maximum atomic E-state index is 13.6. The fourth-order valence-corrected chi connectivity index (χ4v) is 2.91. The smallest absolute Gasteiger partial charge is 0.126 e. The lowest BCUT2D eigenvalue weighted by molar-refractivity contribution is 0.535. The highest BCUT2D eigenvalue weighted by molar-refractivity contribution is 7.12. The monoisotopic (exact) mass is 264 g/mol. The number of thiophene rings is 1. The second kappa shape index (κ2) is 6.09. The molecule has 0 saturated carbocycles. The van der Waals surface area contributed by atoms with Crippen molar-refractivity contribution in [3.63, 3.8) is 0 Å². The SMILES string of the molecule is CCc1ccc(C(Cc2ccccc2F)NN)s1. The highest BCUT2D eigenvalue weighted by atomic mass is 32.1. The van der Waals surface area contributed by atoms with E-state index in [1.54, 1.807) is 23.5 Å². The fraction of sp³-hybridized carbons (Fsp3) is 0.286. The van der Waals surface area contributed by atoms with E-state index in [0.29, 0.717) is 12.0 Å². The van der Waals surface area contributed by atoms with Crippen LogP contribution in [0.3, 0.4) is 0 Å². The molecule has 2 aromatic rings. The van der Waals surface area contributed by atoms with E-state index in [2.05, 4.69) is 24.5 Å². The summed E-state index contributed by atoms with van der Waals surface area (Å²) in [5, 5.41) is 0. The van der Waals surface area contributed by atoms with Gasteiger partial charge in [0.1, 0.15) is 5.82 Å². The molecule has 2 rings (SSSR count). The van der Waals surface area contributed by atoms with E-state index in [1.165, 1.54) is 10.9 Å². The van der Waals surface area contributed by atoms with Crippen LogP contribution in [0.4, 0.5) is 4.39 Å². The number of hydrazine groups is 1. The molecule has 0 aliphatic carbocycles. The fourth-order valence-electron chi connectivity index (χ4n) is 1.90. The number of benzene rings is 1. The average molecular weight is 264 g/mol. The summed E-state index contributed by atoms with van der Waals surface area (Å²) in [6, 6.07) is 11.0. The third-order valence-corrected chi connectivity index (χ3v) is 4.30. The molecule has 0 spiro atoms. The van der Waals surface area contributed by atoms with Crippen molar-refractivity contribution in [1.82, 2.24) is 5.43 Å². The van der Waals surface area contributed by atoms with Gasteiger partial charge in [-0.05, 0) is 36.6 Å². The van der Waals surface area contributed by atoms with Crippen LogP contribution in [0, 0.1) is 5.82 Å². The first kappa shape index (κ1) is 13.2. The zero-order valence-corrected chi connectivity index (χ0v) is 11.1. The number of hydrogen-bond donors (Lipinski definition) is 2. The van der Waals surface area contributed by atoms with Gasteiger partial charge in [-0.15, -0.1) is 11.3 Å². The largest absolute Gasteiger partial charge is 0.271 e. The molecule has 1 unspecified atom stereocenters. The molecular formula is C14H17FN2S. The van der Waals surface area contributed by atoms with E-state index < -0.39 is 0 Å². The number of aryl methyl sites for hydroxylation is 1. The van der Waals surface area contributed by atoms with Crippen LogP contribution < -0.4 is 11.3 Å². The Kier molecular flexibility index (Phi) is 4.47. The Morgan fingerprint density at radius 2 is 2.06 bits per heavy atom. The second-order valence-corrected chi connectivity index (χ2v) is 5.37. The first-order chi connectivity index (χ1) is 8.74. The van der Waals surface area contributed by atoms with Gasteiger partial charge in [-0.3, -0.25) is 11.3 Å².